The highest BCUT2D eigenvalue weighted by atomic mass is 32.2. The van der Waals surface area contributed by atoms with Crippen LogP contribution < -0.4 is 15.4 Å². The smallest absolute Gasteiger partial charge is 0.416 e. The first-order chi connectivity index (χ1) is 22.3. The topological polar surface area (TPSA) is 150 Å². The van der Waals surface area contributed by atoms with Crippen LogP contribution in [-0.2, 0) is 25.8 Å². The maximum Gasteiger partial charge on any atom is 0.416 e. The number of hydrogen-bond acceptors (Lipinski definition) is 7. The van der Waals surface area contributed by atoms with E-state index < -0.39 is 63.0 Å². The molecule has 3 N–H and O–H groups in total. The van der Waals surface area contributed by atoms with Gasteiger partial charge in [0, 0.05) is 29.0 Å². The maximum absolute atomic E-state index is 13.6. The van der Waals surface area contributed by atoms with Crippen LogP contribution in [0.1, 0.15) is 67.5 Å². The number of aromatic nitrogens is 1. The maximum atomic E-state index is 13.6. The van der Waals surface area contributed by atoms with Crippen molar-refractivity contribution in [3.05, 3.63) is 72.1 Å². The van der Waals surface area contributed by atoms with Crippen LogP contribution in [0.15, 0.2) is 70.2 Å². The largest absolute Gasteiger partial charge is 0.451 e. The van der Waals surface area contributed by atoms with Crippen LogP contribution in [0, 0.1) is 5.92 Å². The summed E-state index contributed by atoms with van der Waals surface area (Å²) < 4.78 is 73.0. The molecule has 0 radical (unpaired) electrons. The van der Waals surface area contributed by atoms with Crippen molar-refractivity contribution in [3.63, 3.8) is 0 Å². The summed E-state index contributed by atoms with van der Waals surface area (Å²) in [5.41, 5.74) is -0.744. The molecule has 3 aromatic rings. The number of hydrogen-bond donors (Lipinski definition) is 3. The Labute approximate surface area is 269 Å². The molecule has 2 amide bonds. The number of Topliss-reactive ketones (excluding diaryl/α,β-unsaturated/α-hetero) is 1. The summed E-state index contributed by atoms with van der Waals surface area (Å²) in [5, 5.41) is 15.0. The van der Waals surface area contributed by atoms with Crippen LogP contribution in [-0.4, -0.2) is 60.7 Å². The van der Waals surface area contributed by atoms with E-state index in [2.05, 4.69) is 10.6 Å². The number of carbonyl (C=O) groups is 3. The number of halogens is 3. The standard InChI is InChI=1S/C32H35F3N4O7S/c33-32(34,35)23-11-6-10-22(19-23)27-14-15-28(46-27)31(42)37-25(18-21-8-2-1-3-9-21)30(41)36-24-12-7-16-38(20-26(24)40)47(44,45)29-13-4-5-17-39(29)43/h4-6,10-11,13-15,17,19,21,24-25H,1-3,7-9,12,16,18,20H2,(H2-,36,37,41,42,43)/p+1/t24-,25-/m0/s1. The molecular formula is C32H36F3N4O7S+. The zero-order valence-electron chi connectivity index (χ0n) is 25.4. The summed E-state index contributed by atoms with van der Waals surface area (Å²) in [7, 11) is -4.22. The highest BCUT2D eigenvalue weighted by molar-refractivity contribution is 7.89. The Morgan fingerprint density at radius 1 is 1.02 bits per heavy atom. The molecule has 3 heterocycles. The first-order valence-electron chi connectivity index (χ1n) is 15.4. The molecule has 15 heteroatoms. The average molecular weight is 678 g/mol. The van der Waals surface area contributed by atoms with Gasteiger partial charge in [0.1, 0.15) is 11.8 Å². The van der Waals surface area contributed by atoms with E-state index in [4.69, 9.17) is 4.42 Å². The second-order valence-electron chi connectivity index (χ2n) is 11.9. The Kier molecular flexibility index (Phi) is 10.3. The third kappa shape index (κ3) is 8.19. The minimum atomic E-state index is -4.56. The predicted octanol–water partition coefficient (Wildman–Crippen LogP) is 4.10. The third-order valence-corrected chi connectivity index (χ3v) is 10.4. The van der Waals surface area contributed by atoms with E-state index in [1.165, 1.54) is 42.5 Å². The van der Waals surface area contributed by atoms with E-state index in [9.17, 15) is 41.2 Å². The SMILES string of the molecule is O=C(N[C@@H](CC1CCCCC1)C(=O)N[C@H]1CCCN(S(=O)(=O)c2cccc[n+]2O)CC1=O)c1ccc(-c2cccc(C(F)(F)F)c2)o1. The fourth-order valence-corrected chi connectivity index (χ4v) is 7.54. The van der Waals surface area contributed by atoms with Crippen molar-refractivity contribution in [1.82, 2.24) is 14.9 Å². The fourth-order valence-electron chi connectivity index (χ4n) is 6.06. The summed E-state index contributed by atoms with van der Waals surface area (Å²) in [5.74, 6) is -1.92. The number of benzene rings is 1. The van der Waals surface area contributed by atoms with E-state index >= 15 is 0 Å². The van der Waals surface area contributed by atoms with Crippen molar-refractivity contribution >= 4 is 27.6 Å². The van der Waals surface area contributed by atoms with E-state index in [1.54, 1.807) is 0 Å². The van der Waals surface area contributed by atoms with Gasteiger partial charge < -0.3 is 15.1 Å². The van der Waals surface area contributed by atoms with Gasteiger partial charge in [-0.1, -0.05) is 44.2 Å². The van der Waals surface area contributed by atoms with Gasteiger partial charge in [-0.05, 0) is 55.5 Å². The van der Waals surface area contributed by atoms with Crippen molar-refractivity contribution < 1.29 is 50.3 Å². The zero-order valence-corrected chi connectivity index (χ0v) is 26.2. The molecule has 1 saturated carbocycles. The molecule has 252 valence electrons. The summed E-state index contributed by atoms with van der Waals surface area (Å²) in [6, 6.07) is 9.22. The van der Waals surface area contributed by atoms with Gasteiger partial charge in [0.15, 0.2) is 11.5 Å². The Hall–Kier alpha value is -4.24. The Morgan fingerprint density at radius 2 is 1.79 bits per heavy atom. The lowest BCUT2D eigenvalue weighted by atomic mass is 9.84. The fraction of sp³-hybridized carbons (Fsp3) is 0.438. The molecule has 1 saturated heterocycles. The summed E-state index contributed by atoms with van der Waals surface area (Å²) in [6.45, 7) is -0.531. The van der Waals surface area contributed by atoms with E-state index in [0.717, 1.165) is 54.7 Å². The molecule has 1 aliphatic heterocycles. The molecule has 47 heavy (non-hydrogen) atoms. The van der Waals surface area contributed by atoms with Gasteiger partial charge in [-0.2, -0.15) is 17.5 Å². The van der Waals surface area contributed by atoms with E-state index in [1.807, 2.05) is 0 Å². The zero-order chi connectivity index (χ0) is 33.8. The highest BCUT2D eigenvalue weighted by Gasteiger charge is 2.39. The van der Waals surface area contributed by atoms with Gasteiger partial charge in [0.05, 0.1) is 18.2 Å². The molecule has 2 aliphatic rings. The molecule has 2 atom stereocenters. The lowest BCUT2D eigenvalue weighted by Crippen LogP contribution is -2.53. The molecule has 2 fully saturated rings. The normalized spacial score (nSPS) is 19.1. The number of rotatable bonds is 9. The molecule has 0 bridgehead atoms. The summed E-state index contributed by atoms with van der Waals surface area (Å²) in [4.78, 5) is 40.1. The van der Waals surface area contributed by atoms with Crippen LogP contribution in [0.3, 0.4) is 0 Å². The van der Waals surface area contributed by atoms with Crippen molar-refractivity contribution in [3.8, 4) is 11.3 Å². The monoisotopic (exact) mass is 677 g/mol. The van der Waals surface area contributed by atoms with Gasteiger partial charge in [0.2, 0.25) is 12.1 Å². The number of nitrogens with one attached hydrogen (secondary N) is 2. The van der Waals surface area contributed by atoms with Crippen LogP contribution in [0.4, 0.5) is 13.2 Å². The van der Waals surface area contributed by atoms with Crippen molar-refractivity contribution in [2.45, 2.75) is 74.7 Å². The Bertz CT molecular complexity index is 1720. The number of ketones is 1. The minimum absolute atomic E-state index is 0.00964. The number of carbonyl (C=O) groups excluding carboxylic acids is 3. The molecule has 11 nitrogen and oxygen atoms in total. The van der Waals surface area contributed by atoms with Crippen molar-refractivity contribution in [1.29, 1.82) is 0 Å². The second-order valence-corrected chi connectivity index (χ2v) is 13.8. The van der Waals surface area contributed by atoms with Gasteiger partial charge >= 0.3 is 21.2 Å². The Morgan fingerprint density at radius 3 is 2.51 bits per heavy atom. The molecule has 0 unspecified atom stereocenters. The Balaban J connectivity index is 1.29. The lowest BCUT2D eigenvalue weighted by Gasteiger charge is -2.27. The molecular weight excluding hydrogens is 641 g/mol. The number of nitrogens with zero attached hydrogens (tertiary/aromatic N) is 2. The average Bonchev–Trinajstić information content (AvgIpc) is 3.47. The van der Waals surface area contributed by atoms with Gasteiger partial charge in [-0.25, -0.2) is 8.42 Å². The van der Waals surface area contributed by atoms with E-state index in [-0.39, 0.29) is 42.4 Å². The predicted molar refractivity (Wildman–Crippen MR) is 160 cm³/mol. The van der Waals surface area contributed by atoms with Crippen LogP contribution >= 0.6 is 0 Å². The summed E-state index contributed by atoms with van der Waals surface area (Å²) >= 11 is 0. The number of amides is 2. The van der Waals surface area contributed by atoms with Crippen LogP contribution in [0.2, 0.25) is 0 Å². The quantitative estimate of drug-likeness (QED) is 0.228. The first-order valence-corrected chi connectivity index (χ1v) is 16.9. The summed E-state index contributed by atoms with van der Waals surface area (Å²) in [6.07, 6.45) is 2.05. The number of furan rings is 1. The first kappa shape index (κ1) is 34.1. The van der Waals surface area contributed by atoms with Gasteiger partial charge in [0.25, 0.3) is 5.91 Å². The number of alkyl halides is 3. The van der Waals surface area contributed by atoms with Crippen molar-refractivity contribution in [2.24, 2.45) is 5.92 Å². The van der Waals surface area contributed by atoms with E-state index in [0.29, 0.717) is 11.2 Å². The van der Waals surface area contributed by atoms with Crippen molar-refractivity contribution in [2.75, 3.05) is 13.1 Å². The minimum Gasteiger partial charge on any atom is -0.451 e. The van der Waals surface area contributed by atoms with Crippen LogP contribution in [0.5, 0.6) is 0 Å². The lowest BCUT2D eigenvalue weighted by molar-refractivity contribution is -0.933. The highest BCUT2D eigenvalue weighted by Crippen LogP contribution is 2.33. The molecule has 1 aliphatic carbocycles. The second kappa shape index (κ2) is 14.3. The van der Waals surface area contributed by atoms with Gasteiger partial charge in [-0.3, -0.25) is 19.6 Å². The molecule has 1 aromatic carbocycles. The number of sulfonamides is 1. The van der Waals surface area contributed by atoms with Crippen LogP contribution in [0.25, 0.3) is 11.3 Å². The molecule has 5 rings (SSSR count). The third-order valence-electron chi connectivity index (χ3n) is 8.56. The molecule has 0 spiro atoms. The van der Waals surface area contributed by atoms with Gasteiger partial charge in [-0.15, -0.1) is 0 Å². The number of pyridine rings is 1. The molecule has 2 aromatic heterocycles.